The van der Waals surface area contributed by atoms with Gasteiger partial charge in [-0.1, -0.05) is 24.3 Å². The van der Waals surface area contributed by atoms with Crippen LogP contribution >= 0.6 is 0 Å². The van der Waals surface area contributed by atoms with Crippen LogP contribution < -0.4 is 29.6 Å². The minimum Gasteiger partial charge on any atom is -0.504 e. The summed E-state index contributed by atoms with van der Waals surface area (Å²) in [5, 5.41) is 17.0. The molecule has 0 fully saturated rings. The molecule has 2 aliphatic rings. The maximum atomic E-state index is 14.0. The lowest BCUT2D eigenvalue weighted by molar-refractivity contribution is -0.116. The molecule has 1 amide bonds. The Morgan fingerprint density at radius 3 is 2.19 bits per heavy atom. The van der Waals surface area contributed by atoms with Crippen molar-refractivity contribution >= 4 is 17.4 Å². The van der Waals surface area contributed by atoms with Gasteiger partial charge in [-0.15, -0.1) is 0 Å². The Labute approximate surface area is 244 Å². The predicted octanol–water partition coefficient (Wildman–Crippen LogP) is 5.43. The van der Waals surface area contributed by atoms with Gasteiger partial charge in [0.2, 0.25) is 0 Å². The summed E-state index contributed by atoms with van der Waals surface area (Å²) in [7, 11) is 6.17. The fourth-order valence-corrected chi connectivity index (χ4v) is 5.84. The van der Waals surface area contributed by atoms with Crippen molar-refractivity contribution < 1.29 is 33.6 Å². The fraction of sp³-hybridized carbons (Fsp3) is 0.273. The number of phenolic OH excluding ortho intramolecular Hbond substituents is 1. The summed E-state index contributed by atoms with van der Waals surface area (Å²) in [5.41, 5.74) is 4.30. The molecular weight excluding hydrogens is 536 g/mol. The summed E-state index contributed by atoms with van der Waals surface area (Å²) in [4.78, 5) is 27.9. The number of para-hydroxylation sites is 2. The van der Waals surface area contributed by atoms with E-state index in [4.69, 9.17) is 18.9 Å². The number of aromatic hydroxyl groups is 1. The van der Waals surface area contributed by atoms with E-state index in [-0.39, 0.29) is 29.8 Å². The quantitative estimate of drug-likeness (QED) is 0.329. The van der Waals surface area contributed by atoms with Crippen molar-refractivity contribution in [3.8, 4) is 28.7 Å². The Kier molecular flexibility index (Phi) is 8.10. The Bertz CT molecular complexity index is 1610. The SMILES string of the molecule is COc1ccc([C@H]2C(C(=O)Nc3ccccc3OC)=C(C)NC3=C2C(=O)C[C@H](c2ccc(OC)c(OC)c2)C3)cc1O. The molecule has 5 rings (SSSR count). The number of hydrogen-bond acceptors (Lipinski definition) is 8. The Balaban J connectivity index is 1.57. The smallest absolute Gasteiger partial charge is 0.254 e. The van der Waals surface area contributed by atoms with Gasteiger partial charge in [0.1, 0.15) is 5.75 Å². The lowest BCUT2D eigenvalue weighted by Gasteiger charge is -2.37. The van der Waals surface area contributed by atoms with Gasteiger partial charge in [-0.05, 0) is 66.8 Å². The normalized spacial score (nSPS) is 18.2. The molecule has 9 heteroatoms. The van der Waals surface area contributed by atoms with Gasteiger partial charge in [-0.25, -0.2) is 0 Å². The molecule has 0 aromatic heterocycles. The number of carbonyl (C=O) groups is 2. The van der Waals surface area contributed by atoms with Crippen LogP contribution in [-0.2, 0) is 9.59 Å². The second-order valence-electron chi connectivity index (χ2n) is 10.2. The summed E-state index contributed by atoms with van der Waals surface area (Å²) in [6, 6.07) is 17.8. The van der Waals surface area contributed by atoms with E-state index in [1.54, 1.807) is 50.6 Å². The van der Waals surface area contributed by atoms with Crippen LogP contribution in [0.1, 0.15) is 42.7 Å². The first-order valence-corrected chi connectivity index (χ1v) is 13.6. The molecule has 0 bridgehead atoms. The zero-order valence-electron chi connectivity index (χ0n) is 24.2. The Morgan fingerprint density at radius 2 is 1.50 bits per heavy atom. The maximum absolute atomic E-state index is 14.0. The molecule has 3 aromatic rings. The van der Waals surface area contributed by atoms with Crippen molar-refractivity contribution in [3.63, 3.8) is 0 Å². The van der Waals surface area contributed by atoms with E-state index in [9.17, 15) is 14.7 Å². The molecule has 0 radical (unpaired) electrons. The molecular formula is C33H34N2O7. The topological polar surface area (TPSA) is 115 Å². The highest BCUT2D eigenvalue weighted by Gasteiger charge is 2.41. The summed E-state index contributed by atoms with van der Waals surface area (Å²) in [6.45, 7) is 1.82. The molecule has 3 N–H and O–H groups in total. The van der Waals surface area contributed by atoms with E-state index in [1.807, 2.05) is 31.2 Å². The average Bonchev–Trinajstić information content (AvgIpc) is 2.99. The number of ether oxygens (including phenoxy) is 4. The number of dihydropyridines is 1. The molecule has 9 nitrogen and oxygen atoms in total. The highest BCUT2D eigenvalue weighted by atomic mass is 16.5. The molecule has 218 valence electrons. The summed E-state index contributed by atoms with van der Waals surface area (Å²) >= 11 is 0. The monoisotopic (exact) mass is 570 g/mol. The van der Waals surface area contributed by atoms with Crippen LogP contribution in [0, 0.1) is 0 Å². The van der Waals surface area contributed by atoms with Crippen molar-refractivity contribution in [2.24, 2.45) is 0 Å². The van der Waals surface area contributed by atoms with Crippen LogP contribution in [0.2, 0.25) is 0 Å². The fourth-order valence-electron chi connectivity index (χ4n) is 5.84. The molecule has 2 atom stereocenters. The summed E-state index contributed by atoms with van der Waals surface area (Å²) in [5.74, 6) is 0.648. The van der Waals surface area contributed by atoms with E-state index < -0.39 is 5.92 Å². The maximum Gasteiger partial charge on any atom is 0.254 e. The largest absolute Gasteiger partial charge is 0.504 e. The van der Waals surface area contributed by atoms with Crippen LogP contribution in [0.3, 0.4) is 0 Å². The van der Waals surface area contributed by atoms with E-state index in [2.05, 4.69) is 10.6 Å². The Hall–Kier alpha value is -4.92. The van der Waals surface area contributed by atoms with E-state index in [0.717, 1.165) is 11.3 Å². The van der Waals surface area contributed by atoms with Crippen molar-refractivity contribution in [2.45, 2.75) is 31.6 Å². The van der Waals surface area contributed by atoms with Gasteiger partial charge in [0, 0.05) is 34.9 Å². The van der Waals surface area contributed by atoms with Gasteiger partial charge in [-0.2, -0.15) is 0 Å². The third-order valence-electron chi connectivity index (χ3n) is 7.84. The minimum atomic E-state index is -0.716. The van der Waals surface area contributed by atoms with Gasteiger partial charge >= 0.3 is 0 Å². The first kappa shape index (κ1) is 28.6. The molecule has 0 saturated carbocycles. The number of nitrogens with one attached hydrogen (secondary N) is 2. The van der Waals surface area contributed by atoms with Crippen LogP contribution in [0.5, 0.6) is 28.7 Å². The van der Waals surface area contributed by atoms with Crippen molar-refractivity contribution in [1.29, 1.82) is 0 Å². The molecule has 1 aliphatic carbocycles. The number of hydrogen-bond donors (Lipinski definition) is 3. The van der Waals surface area contributed by atoms with Gasteiger partial charge in [0.25, 0.3) is 5.91 Å². The summed E-state index contributed by atoms with van der Waals surface area (Å²) < 4.78 is 21.6. The van der Waals surface area contributed by atoms with Crippen LogP contribution in [0.15, 0.2) is 83.2 Å². The van der Waals surface area contributed by atoms with Crippen LogP contribution in [-0.4, -0.2) is 45.2 Å². The number of anilines is 1. The van der Waals surface area contributed by atoms with Crippen LogP contribution in [0.4, 0.5) is 5.69 Å². The highest BCUT2D eigenvalue weighted by Crippen LogP contribution is 2.47. The number of methoxy groups -OCH3 is 4. The molecule has 3 aromatic carbocycles. The highest BCUT2D eigenvalue weighted by molar-refractivity contribution is 6.10. The van der Waals surface area contributed by atoms with Crippen molar-refractivity contribution in [3.05, 3.63) is 94.3 Å². The molecule has 0 unspecified atom stereocenters. The lowest BCUT2D eigenvalue weighted by Crippen LogP contribution is -2.37. The zero-order chi connectivity index (χ0) is 30.0. The average molecular weight is 571 g/mol. The third-order valence-corrected chi connectivity index (χ3v) is 7.84. The number of rotatable bonds is 8. The summed E-state index contributed by atoms with van der Waals surface area (Å²) in [6.07, 6.45) is 0.795. The van der Waals surface area contributed by atoms with E-state index in [0.29, 0.717) is 57.5 Å². The van der Waals surface area contributed by atoms with Crippen LogP contribution in [0.25, 0.3) is 0 Å². The lowest BCUT2D eigenvalue weighted by atomic mass is 9.71. The number of Topliss-reactive ketones (excluding diaryl/α,β-unsaturated/α-hetero) is 1. The second kappa shape index (κ2) is 11.9. The molecule has 0 spiro atoms. The van der Waals surface area contributed by atoms with Gasteiger partial charge < -0.3 is 34.7 Å². The first-order valence-electron chi connectivity index (χ1n) is 13.6. The molecule has 1 aliphatic heterocycles. The number of amides is 1. The first-order chi connectivity index (χ1) is 20.3. The van der Waals surface area contributed by atoms with E-state index in [1.165, 1.54) is 14.2 Å². The van der Waals surface area contributed by atoms with Gasteiger partial charge in [0.05, 0.1) is 34.1 Å². The van der Waals surface area contributed by atoms with Gasteiger partial charge in [-0.3, -0.25) is 9.59 Å². The minimum absolute atomic E-state index is 0.0794. The molecule has 42 heavy (non-hydrogen) atoms. The van der Waals surface area contributed by atoms with Gasteiger partial charge in [0.15, 0.2) is 28.8 Å². The number of carbonyl (C=O) groups excluding carboxylic acids is 2. The predicted molar refractivity (Wildman–Crippen MR) is 158 cm³/mol. The van der Waals surface area contributed by atoms with Crippen molar-refractivity contribution in [1.82, 2.24) is 5.32 Å². The second-order valence-corrected chi connectivity index (χ2v) is 10.2. The molecule has 0 saturated heterocycles. The van der Waals surface area contributed by atoms with Crippen molar-refractivity contribution in [2.75, 3.05) is 33.8 Å². The number of allylic oxidation sites excluding steroid dienone is 3. The number of benzene rings is 3. The number of phenols is 1. The third kappa shape index (κ3) is 5.25. The Morgan fingerprint density at radius 1 is 0.833 bits per heavy atom. The van der Waals surface area contributed by atoms with E-state index >= 15 is 0 Å². The molecule has 1 heterocycles. The zero-order valence-corrected chi connectivity index (χ0v) is 24.2. The standard InChI is InChI=1S/C33H34N2O7/c1-18-30(33(38)35-22-8-6-7-9-26(22)39-2)31(20-11-12-27(40-3)24(36)15-20)32-23(34-18)14-21(16-25(32)37)19-10-13-28(41-4)29(17-19)42-5/h6-13,15,17,21,31,34,36H,14,16H2,1-5H3,(H,35,38)/t21-,31+/m1/s1. The number of ketones is 1.